The molecule has 5 heteroatoms. The van der Waals surface area contributed by atoms with Crippen LogP contribution in [0.15, 0.2) is 48.5 Å². The highest BCUT2D eigenvalue weighted by molar-refractivity contribution is 5.75. The minimum atomic E-state index is -0.314. The average Bonchev–Trinajstić information content (AvgIpc) is 3.16. The SMILES string of the molecule is COc1cccc([C@@H]2C[C@H](O)CN2Cc2nc3ccccc3n2C)c1. The fourth-order valence-corrected chi connectivity index (χ4v) is 3.77. The number of para-hydroxylation sites is 2. The molecule has 1 N–H and O–H groups in total. The van der Waals surface area contributed by atoms with Gasteiger partial charge in [-0.05, 0) is 36.2 Å². The van der Waals surface area contributed by atoms with E-state index < -0.39 is 0 Å². The predicted octanol–water partition coefficient (Wildman–Crippen LogP) is 2.89. The van der Waals surface area contributed by atoms with Crippen molar-refractivity contribution < 1.29 is 9.84 Å². The Balaban J connectivity index is 1.64. The molecule has 1 aliphatic rings. The quantitative estimate of drug-likeness (QED) is 0.795. The van der Waals surface area contributed by atoms with Gasteiger partial charge in [-0.15, -0.1) is 0 Å². The fraction of sp³-hybridized carbons (Fsp3) is 0.350. The molecule has 0 radical (unpaired) electrons. The fourth-order valence-electron chi connectivity index (χ4n) is 3.77. The van der Waals surface area contributed by atoms with Gasteiger partial charge in [0.25, 0.3) is 0 Å². The van der Waals surface area contributed by atoms with Gasteiger partial charge in [-0.1, -0.05) is 24.3 Å². The van der Waals surface area contributed by atoms with E-state index in [-0.39, 0.29) is 12.1 Å². The van der Waals surface area contributed by atoms with E-state index in [2.05, 4.69) is 34.7 Å². The van der Waals surface area contributed by atoms with Crippen molar-refractivity contribution in [2.75, 3.05) is 13.7 Å². The van der Waals surface area contributed by atoms with Gasteiger partial charge in [-0.3, -0.25) is 4.90 Å². The first-order valence-electron chi connectivity index (χ1n) is 8.62. The van der Waals surface area contributed by atoms with E-state index in [0.29, 0.717) is 13.1 Å². The van der Waals surface area contributed by atoms with Gasteiger partial charge in [0.2, 0.25) is 0 Å². The van der Waals surface area contributed by atoms with Gasteiger partial charge in [-0.25, -0.2) is 4.98 Å². The Morgan fingerprint density at radius 3 is 2.84 bits per heavy atom. The van der Waals surface area contributed by atoms with Crippen LogP contribution < -0.4 is 4.74 Å². The molecule has 25 heavy (non-hydrogen) atoms. The average molecular weight is 337 g/mol. The number of likely N-dealkylation sites (tertiary alicyclic amines) is 1. The van der Waals surface area contributed by atoms with E-state index in [9.17, 15) is 5.11 Å². The second-order valence-electron chi connectivity index (χ2n) is 6.69. The van der Waals surface area contributed by atoms with Crippen LogP contribution in [-0.4, -0.2) is 39.3 Å². The number of hydrogen-bond acceptors (Lipinski definition) is 4. The maximum absolute atomic E-state index is 10.2. The van der Waals surface area contributed by atoms with Crippen LogP contribution in [0.4, 0.5) is 0 Å². The molecule has 0 aliphatic carbocycles. The summed E-state index contributed by atoms with van der Waals surface area (Å²) >= 11 is 0. The van der Waals surface area contributed by atoms with E-state index >= 15 is 0 Å². The maximum atomic E-state index is 10.2. The molecule has 3 aromatic rings. The normalized spacial score (nSPS) is 21.1. The monoisotopic (exact) mass is 337 g/mol. The van der Waals surface area contributed by atoms with Gasteiger partial charge in [0.15, 0.2) is 0 Å². The van der Waals surface area contributed by atoms with Crippen molar-refractivity contribution >= 4 is 11.0 Å². The molecule has 1 aromatic heterocycles. The number of β-amino-alcohol motifs (C(OH)–C–C–N with tert-alkyl or cyclic N) is 1. The first-order valence-corrected chi connectivity index (χ1v) is 8.62. The minimum Gasteiger partial charge on any atom is -0.497 e. The van der Waals surface area contributed by atoms with E-state index in [0.717, 1.165) is 29.0 Å². The van der Waals surface area contributed by atoms with Crippen LogP contribution in [0.1, 0.15) is 23.9 Å². The highest BCUT2D eigenvalue weighted by Crippen LogP contribution is 2.34. The summed E-state index contributed by atoms with van der Waals surface area (Å²) in [4.78, 5) is 7.08. The number of aromatic nitrogens is 2. The van der Waals surface area contributed by atoms with Crippen LogP contribution >= 0.6 is 0 Å². The Kier molecular flexibility index (Phi) is 4.19. The number of benzene rings is 2. The van der Waals surface area contributed by atoms with Crippen molar-refractivity contribution in [2.24, 2.45) is 7.05 Å². The van der Waals surface area contributed by atoms with Crippen molar-refractivity contribution in [2.45, 2.75) is 25.1 Å². The first-order chi connectivity index (χ1) is 12.2. The molecule has 2 atom stereocenters. The predicted molar refractivity (Wildman–Crippen MR) is 97.5 cm³/mol. The van der Waals surface area contributed by atoms with E-state index in [4.69, 9.17) is 9.72 Å². The van der Waals surface area contributed by atoms with Crippen LogP contribution in [0.25, 0.3) is 11.0 Å². The third-order valence-electron chi connectivity index (χ3n) is 5.08. The molecule has 2 heterocycles. The Morgan fingerprint density at radius 2 is 2.04 bits per heavy atom. The number of rotatable bonds is 4. The maximum Gasteiger partial charge on any atom is 0.123 e. The molecule has 4 rings (SSSR count). The molecule has 0 amide bonds. The summed E-state index contributed by atoms with van der Waals surface area (Å²) in [6, 6.07) is 16.5. The van der Waals surface area contributed by atoms with Crippen LogP contribution in [0.2, 0.25) is 0 Å². The lowest BCUT2D eigenvalue weighted by molar-refractivity contribution is 0.171. The number of hydrogen-bond donors (Lipinski definition) is 1. The number of ether oxygens (including phenoxy) is 1. The zero-order valence-electron chi connectivity index (χ0n) is 14.6. The van der Waals surface area contributed by atoms with Gasteiger partial charge in [0, 0.05) is 19.6 Å². The minimum absolute atomic E-state index is 0.171. The molecule has 0 bridgehead atoms. The molecular weight excluding hydrogens is 314 g/mol. The summed E-state index contributed by atoms with van der Waals surface area (Å²) in [5.74, 6) is 1.87. The Hall–Kier alpha value is -2.37. The number of aryl methyl sites for hydroxylation is 1. The van der Waals surface area contributed by atoms with Crippen LogP contribution in [0.5, 0.6) is 5.75 Å². The molecule has 1 saturated heterocycles. The number of imidazole rings is 1. The zero-order valence-corrected chi connectivity index (χ0v) is 14.6. The standard InChI is InChI=1S/C20H23N3O2/c1-22-18-9-4-3-8-17(18)21-20(22)13-23-12-15(24)11-19(23)14-6-5-7-16(10-14)25-2/h3-10,15,19,24H,11-13H2,1-2H3/t15-,19-/m0/s1. The highest BCUT2D eigenvalue weighted by atomic mass is 16.5. The van der Waals surface area contributed by atoms with E-state index in [1.807, 2.05) is 30.3 Å². The van der Waals surface area contributed by atoms with Gasteiger partial charge in [0.05, 0.1) is 30.8 Å². The molecule has 0 spiro atoms. The molecule has 0 unspecified atom stereocenters. The third-order valence-corrected chi connectivity index (χ3v) is 5.08. The Labute approximate surface area is 147 Å². The first kappa shape index (κ1) is 16.1. The lowest BCUT2D eigenvalue weighted by atomic mass is 10.0. The Bertz CT molecular complexity index is 890. The van der Waals surface area contributed by atoms with Crippen LogP contribution in [0.3, 0.4) is 0 Å². The number of aliphatic hydroxyl groups is 1. The summed E-state index contributed by atoms with van der Waals surface area (Å²) in [7, 11) is 3.73. The zero-order chi connectivity index (χ0) is 17.4. The summed E-state index contributed by atoms with van der Waals surface area (Å²) in [5.41, 5.74) is 3.32. The van der Waals surface area contributed by atoms with Gasteiger partial charge >= 0.3 is 0 Å². The topological polar surface area (TPSA) is 50.5 Å². The van der Waals surface area contributed by atoms with Crippen molar-refractivity contribution in [3.8, 4) is 5.75 Å². The summed E-state index contributed by atoms with van der Waals surface area (Å²) in [6.45, 7) is 1.37. The summed E-state index contributed by atoms with van der Waals surface area (Å²) in [6.07, 6.45) is 0.419. The molecule has 1 fully saturated rings. The largest absolute Gasteiger partial charge is 0.497 e. The number of aliphatic hydroxyl groups excluding tert-OH is 1. The number of methoxy groups -OCH3 is 1. The molecule has 0 saturated carbocycles. The van der Waals surface area contributed by atoms with E-state index in [1.165, 1.54) is 5.56 Å². The summed E-state index contributed by atoms with van der Waals surface area (Å²) in [5, 5.41) is 10.2. The highest BCUT2D eigenvalue weighted by Gasteiger charge is 2.33. The lowest BCUT2D eigenvalue weighted by Crippen LogP contribution is -2.25. The van der Waals surface area contributed by atoms with E-state index in [1.54, 1.807) is 7.11 Å². The third kappa shape index (κ3) is 3.01. The van der Waals surface area contributed by atoms with Gasteiger partial charge in [-0.2, -0.15) is 0 Å². The summed E-state index contributed by atoms with van der Waals surface area (Å²) < 4.78 is 7.50. The van der Waals surface area contributed by atoms with Crippen LogP contribution in [-0.2, 0) is 13.6 Å². The van der Waals surface area contributed by atoms with Crippen molar-refractivity contribution in [1.29, 1.82) is 0 Å². The number of nitrogens with zero attached hydrogens (tertiary/aromatic N) is 3. The lowest BCUT2D eigenvalue weighted by Gasteiger charge is -2.24. The van der Waals surface area contributed by atoms with Gasteiger partial charge in [0.1, 0.15) is 11.6 Å². The van der Waals surface area contributed by atoms with Crippen LogP contribution in [0, 0.1) is 0 Å². The Morgan fingerprint density at radius 1 is 1.20 bits per heavy atom. The molecule has 2 aromatic carbocycles. The van der Waals surface area contributed by atoms with Crippen molar-refractivity contribution in [1.82, 2.24) is 14.5 Å². The number of fused-ring (bicyclic) bond motifs is 1. The smallest absolute Gasteiger partial charge is 0.123 e. The molecule has 1 aliphatic heterocycles. The molecular formula is C20H23N3O2. The second kappa shape index (κ2) is 6.50. The molecule has 5 nitrogen and oxygen atoms in total. The van der Waals surface area contributed by atoms with Crippen molar-refractivity contribution in [3.05, 3.63) is 59.9 Å². The van der Waals surface area contributed by atoms with Crippen molar-refractivity contribution in [3.63, 3.8) is 0 Å². The second-order valence-corrected chi connectivity index (χ2v) is 6.69. The molecule has 130 valence electrons. The van der Waals surface area contributed by atoms with Gasteiger partial charge < -0.3 is 14.4 Å².